The number of aromatic nitrogens is 4. The van der Waals surface area contributed by atoms with E-state index < -0.39 is 29.0 Å². The lowest BCUT2D eigenvalue weighted by Crippen LogP contribution is -2.31. The molecule has 1 aliphatic heterocycles. The lowest BCUT2D eigenvalue weighted by molar-refractivity contribution is -0.150. The molecule has 1 fully saturated rings. The molecular weight excluding hydrogens is 469 g/mol. The minimum absolute atomic E-state index is 0.0457. The Labute approximate surface area is 206 Å². The Hall–Kier alpha value is -3.76. The van der Waals surface area contributed by atoms with Crippen LogP contribution in [0, 0.1) is 18.7 Å². The smallest absolute Gasteiger partial charge is 0.330 e. The number of nitrogens with one attached hydrogen (secondary N) is 1. The van der Waals surface area contributed by atoms with E-state index in [2.05, 4.69) is 9.97 Å². The van der Waals surface area contributed by atoms with E-state index in [1.54, 1.807) is 23.6 Å². The van der Waals surface area contributed by atoms with Gasteiger partial charge in [0.1, 0.15) is 18.2 Å². The molecule has 0 aliphatic carbocycles. The van der Waals surface area contributed by atoms with Crippen molar-refractivity contribution in [1.29, 1.82) is 0 Å². The number of carbonyl (C=O) groups excluding carboxylic acids is 2. The number of benzene rings is 1. The Morgan fingerprint density at radius 2 is 1.94 bits per heavy atom. The third-order valence-corrected chi connectivity index (χ3v) is 6.42. The molecule has 192 valence electrons. The molecule has 3 heterocycles. The van der Waals surface area contributed by atoms with E-state index in [0.29, 0.717) is 36.6 Å². The number of amides is 1. The van der Waals surface area contributed by atoms with Crippen LogP contribution >= 0.6 is 0 Å². The maximum atomic E-state index is 14.0. The van der Waals surface area contributed by atoms with Crippen molar-refractivity contribution in [2.75, 3.05) is 11.4 Å². The number of ether oxygens (including phenoxy) is 1. The quantitative estimate of drug-likeness (QED) is 0.452. The summed E-state index contributed by atoms with van der Waals surface area (Å²) in [5.41, 5.74) is 0.330. The minimum atomic E-state index is -0.711. The Bertz CT molecular complexity index is 1420. The van der Waals surface area contributed by atoms with Crippen molar-refractivity contribution in [3.8, 4) is 0 Å². The highest BCUT2D eigenvalue weighted by molar-refractivity contribution is 5.99. The van der Waals surface area contributed by atoms with Crippen molar-refractivity contribution < 1.29 is 18.7 Å². The van der Waals surface area contributed by atoms with Crippen molar-refractivity contribution >= 4 is 28.7 Å². The molecule has 10 nitrogen and oxygen atoms in total. The van der Waals surface area contributed by atoms with Gasteiger partial charge in [0, 0.05) is 31.7 Å². The number of unbranched alkanes of at least 4 members (excludes halogenated alkanes) is 1. The highest BCUT2D eigenvalue weighted by Gasteiger charge is 2.36. The van der Waals surface area contributed by atoms with Gasteiger partial charge in [0.2, 0.25) is 5.91 Å². The first-order valence-electron chi connectivity index (χ1n) is 12.2. The van der Waals surface area contributed by atoms with E-state index in [9.17, 15) is 23.6 Å². The average molecular weight is 500 g/mol. The van der Waals surface area contributed by atoms with Gasteiger partial charge in [-0.3, -0.25) is 23.9 Å². The first kappa shape index (κ1) is 25.3. The molecule has 0 bridgehead atoms. The third-order valence-electron chi connectivity index (χ3n) is 6.42. The Morgan fingerprint density at radius 3 is 2.64 bits per heavy atom. The molecule has 1 aromatic carbocycles. The number of imidazole rings is 1. The number of hydrogen-bond donors (Lipinski definition) is 1. The number of hydrogen-bond acceptors (Lipinski definition) is 6. The second-order valence-electron chi connectivity index (χ2n) is 9.06. The summed E-state index contributed by atoms with van der Waals surface area (Å²) in [4.78, 5) is 58.6. The molecule has 0 saturated carbocycles. The fourth-order valence-electron chi connectivity index (χ4n) is 4.43. The van der Waals surface area contributed by atoms with Gasteiger partial charge in [0.15, 0.2) is 11.2 Å². The monoisotopic (exact) mass is 499 g/mol. The molecule has 0 spiro atoms. The van der Waals surface area contributed by atoms with Crippen LogP contribution in [-0.4, -0.2) is 37.5 Å². The molecule has 11 heteroatoms. The first-order chi connectivity index (χ1) is 17.2. The van der Waals surface area contributed by atoms with Crippen molar-refractivity contribution in [2.24, 2.45) is 5.92 Å². The fourth-order valence-corrected chi connectivity index (χ4v) is 4.43. The Morgan fingerprint density at radius 1 is 1.17 bits per heavy atom. The number of nitrogens with zero attached hydrogens (tertiary/aromatic N) is 4. The van der Waals surface area contributed by atoms with Gasteiger partial charge in [-0.1, -0.05) is 26.3 Å². The molecule has 2 aromatic heterocycles. The van der Waals surface area contributed by atoms with Crippen LogP contribution in [0.2, 0.25) is 0 Å². The number of aryl methyl sites for hydroxylation is 3. The summed E-state index contributed by atoms with van der Waals surface area (Å²) in [5.74, 6) is -1.65. The van der Waals surface area contributed by atoms with E-state index in [1.807, 2.05) is 13.8 Å². The molecule has 1 amide bonds. The summed E-state index contributed by atoms with van der Waals surface area (Å²) in [5, 5.41) is 0. The van der Waals surface area contributed by atoms with Crippen LogP contribution in [0.15, 0.2) is 27.8 Å². The summed E-state index contributed by atoms with van der Waals surface area (Å²) in [7, 11) is 0. The zero-order valence-electron chi connectivity index (χ0n) is 20.7. The molecular formula is C25H30FN5O5. The molecule has 1 saturated heterocycles. The van der Waals surface area contributed by atoms with Crippen molar-refractivity contribution in [3.05, 3.63) is 56.2 Å². The SMILES string of the molecule is CCCCn1c(=O)[nH]c(=O)c2c1nc(COC(=O)[C@H]1CC(=O)N(c3ccc(C)c(F)c3)C1)n2CCC. The van der Waals surface area contributed by atoms with Gasteiger partial charge >= 0.3 is 11.7 Å². The van der Waals surface area contributed by atoms with E-state index in [-0.39, 0.29) is 36.6 Å². The maximum absolute atomic E-state index is 14.0. The molecule has 0 unspecified atom stereocenters. The molecule has 1 atom stereocenters. The Kier molecular flexibility index (Phi) is 7.37. The van der Waals surface area contributed by atoms with Crippen LogP contribution in [0.4, 0.5) is 10.1 Å². The molecule has 1 aliphatic rings. The zero-order valence-corrected chi connectivity index (χ0v) is 20.7. The van der Waals surface area contributed by atoms with Gasteiger partial charge in [-0.15, -0.1) is 0 Å². The summed E-state index contributed by atoms with van der Waals surface area (Å²) in [6.07, 6.45) is 2.25. The number of aromatic amines is 1. The van der Waals surface area contributed by atoms with Gasteiger partial charge in [-0.2, -0.15) is 0 Å². The van der Waals surface area contributed by atoms with Crippen LogP contribution in [0.1, 0.15) is 50.9 Å². The second kappa shape index (κ2) is 10.5. The van der Waals surface area contributed by atoms with Gasteiger partial charge in [0.05, 0.1) is 5.92 Å². The molecule has 36 heavy (non-hydrogen) atoms. The second-order valence-corrected chi connectivity index (χ2v) is 9.06. The van der Waals surface area contributed by atoms with Crippen LogP contribution < -0.4 is 16.1 Å². The summed E-state index contributed by atoms with van der Waals surface area (Å²) in [6.45, 7) is 6.31. The van der Waals surface area contributed by atoms with Crippen LogP contribution in [0.3, 0.4) is 0 Å². The number of fused-ring (bicyclic) bond motifs is 1. The van der Waals surface area contributed by atoms with E-state index in [1.165, 1.54) is 15.5 Å². The van der Waals surface area contributed by atoms with Gasteiger partial charge in [-0.05, 0) is 37.5 Å². The maximum Gasteiger partial charge on any atom is 0.330 e. The lowest BCUT2D eigenvalue weighted by Gasteiger charge is -2.17. The number of esters is 1. The van der Waals surface area contributed by atoms with E-state index in [4.69, 9.17) is 4.74 Å². The van der Waals surface area contributed by atoms with Crippen molar-refractivity contribution in [1.82, 2.24) is 19.1 Å². The highest BCUT2D eigenvalue weighted by Crippen LogP contribution is 2.27. The van der Waals surface area contributed by atoms with Crippen molar-refractivity contribution in [3.63, 3.8) is 0 Å². The van der Waals surface area contributed by atoms with Crippen molar-refractivity contribution in [2.45, 2.75) is 66.2 Å². The standard InChI is InChI=1S/C25H30FN5O5/c1-4-6-10-30-22-21(23(33)28-25(30)35)29(9-5-2)19(27-22)14-36-24(34)16-11-20(32)31(13-16)17-8-7-15(3)18(26)12-17/h7-8,12,16H,4-6,9-11,13-14H2,1-3H3,(H,28,33,35)/t16-/m0/s1. The highest BCUT2D eigenvalue weighted by atomic mass is 19.1. The van der Waals surface area contributed by atoms with E-state index in [0.717, 1.165) is 12.8 Å². The molecule has 3 aromatic rings. The normalized spacial score (nSPS) is 15.7. The average Bonchev–Trinajstić information content (AvgIpc) is 3.40. The van der Waals surface area contributed by atoms with Gasteiger partial charge < -0.3 is 14.2 Å². The minimum Gasteiger partial charge on any atom is -0.457 e. The zero-order chi connectivity index (χ0) is 26.0. The number of H-pyrrole nitrogens is 1. The first-order valence-corrected chi connectivity index (χ1v) is 12.2. The summed E-state index contributed by atoms with van der Waals surface area (Å²) < 4.78 is 22.6. The van der Waals surface area contributed by atoms with Crippen LogP contribution in [-0.2, 0) is 34.0 Å². The summed E-state index contributed by atoms with van der Waals surface area (Å²) >= 11 is 0. The summed E-state index contributed by atoms with van der Waals surface area (Å²) in [6, 6.07) is 4.51. The third kappa shape index (κ3) is 4.82. The predicted molar refractivity (Wildman–Crippen MR) is 131 cm³/mol. The molecule has 4 rings (SSSR count). The topological polar surface area (TPSA) is 119 Å². The molecule has 0 radical (unpaired) electrons. The van der Waals surface area contributed by atoms with Gasteiger partial charge in [-0.25, -0.2) is 14.2 Å². The van der Waals surface area contributed by atoms with Crippen LogP contribution in [0.5, 0.6) is 0 Å². The largest absolute Gasteiger partial charge is 0.457 e. The number of halogens is 1. The number of carbonyl (C=O) groups is 2. The Balaban J connectivity index is 1.55. The number of rotatable bonds is 9. The van der Waals surface area contributed by atoms with Gasteiger partial charge in [0.25, 0.3) is 5.56 Å². The number of anilines is 1. The van der Waals surface area contributed by atoms with E-state index >= 15 is 0 Å². The fraction of sp³-hybridized carbons (Fsp3) is 0.480. The lowest BCUT2D eigenvalue weighted by atomic mass is 10.1. The predicted octanol–water partition coefficient (Wildman–Crippen LogP) is 2.64. The van der Waals surface area contributed by atoms with Crippen LogP contribution in [0.25, 0.3) is 11.2 Å². The molecule has 1 N–H and O–H groups in total.